The van der Waals surface area contributed by atoms with Gasteiger partial charge in [-0.1, -0.05) is 11.6 Å². The van der Waals surface area contributed by atoms with Crippen molar-refractivity contribution < 1.29 is 4.74 Å². The van der Waals surface area contributed by atoms with Crippen LogP contribution in [-0.4, -0.2) is 19.8 Å². The molecule has 0 aliphatic carbocycles. The van der Waals surface area contributed by atoms with E-state index in [0.29, 0.717) is 30.3 Å². The van der Waals surface area contributed by atoms with E-state index in [1.54, 1.807) is 18.2 Å². The first-order chi connectivity index (χ1) is 7.27. The third kappa shape index (κ3) is 3.78. The van der Waals surface area contributed by atoms with Gasteiger partial charge in [0, 0.05) is 18.2 Å². The van der Waals surface area contributed by atoms with E-state index in [2.05, 4.69) is 11.4 Å². The molecule has 1 aromatic carbocycles. The molecule has 1 rings (SSSR count). The minimum atomic E-state index is 0.555. The van der Waals surface area contributed by atoms with E-state index in [1.807, 2.05) is 6.92 Å². The standard InChI is InChI=1S/C11H13ClN2O/c1-2-15-6-5-14-11-4-3-10(12)7-9(11)8-13/h3-4,7,14H,2,5-6H2,1H3. The molecule has 0 amide bonds. The Bertz CT molecular complexity index is 360. The molecule has 3 nitrogen and oxygen atoms in total. The number of anilines is 1. The molecule has 80 valence electrons. The highest BCUT2D eigenvalue weighted by molar-refractivity contribution is 6.30. The summed E-state index contributed by atoms with van der Waals surface area (Å²) >= 11 is 5.78. The zero-order chi connectivity index (χ0) is 11.1. The molecule has 1 aromatic rings. The Morgan fingerprint density at radius 3 is 3.00 bits per heavy atom. The van der Waals surface area contributed by atoms with E-state index in [-0.39, 0.29) is 0 Å². The average molecular weight is 225 g/mol. The van der Waals surface area contributed by atoms with Gasteiger partial charge >= 0.3 is 0 Å². The number of rotatable bonds is 5. The number of halogens is 1. The van der Waals surface area contributed by atoms with Gasteiger partial charge in [0.15, 0.2) is 0 Å². The minimum Gasteiger partial charge on any atom is -0.382 e. The van der Waals surface area contributed by atoms with Crippen molar-refractivity contribution in [3.8, 4) is 6.07 Å². The van der Waals surface area contributed by atoms with Gasteiger partial charge in [-0.2, -0.15) is 5.26 Å². The molecule has 0 spiro atoms. The van der Waals surface area contributed by atoms with E-state index >= 15 is 0 Å². The lowest BCUT2D eigenvalue weighted by molar-refractivity contribution is 0.158. The van der Waals surface area contributed by atoms with Crippen molar-refractivity contribution in [2.45, 2.75) is 6.92 Å². The highest BCUT2D eigenvalue weighted by Gasteiger charge is 2.01. The Morgan fingerprint density at radius 1 is 1.53 bits per heavy atom. The summed E-state index contributed by atoms with van der Waals surface area (Å²) in [6.45, 7) is 3.96. The molecule has 0 fully saturated rings. The molecule has 0 heterocycles. The van der Waals surface area contributed by atoms with Crippen molar-refractivity contribution in [3.05, 3.63) is 28.8 Å². The van der Waals surface area contributed by atoms with Crippen molar-refractivity contribution in [3.63, 3.8) is 0 Å². The van der Waals surface area contributed by atoms with Gasteiger partial charge in [-0.15, -0.1) is 0 Å². The summed E-state index contributed by atoms with van der Waals surface area (Å²) in [4.78, 5) is 0. The number of ether oxygens (including phenoxy) is 1. The van der Waals surface area contributed by atoms with E-state index in [1.165, 1.54) is 0 Å². The number of benzene rings is 1. The molecule has 1 N–H and O–H groups in total. The second-order valence-corrected chi connectivity index (χ2v) is 3.36. The molecule has 0 aliphatic heterocycles. The summed E-state index contributed by atoms with van der Waals surface area (Å²) in [6, 6.07) is 7.29. The highest BCUT2D eigenvalue weighted by Crippen LogP contribution is 2.19. The SMILES string of the molecule is CCOCCNc1ccc(Cl)cc1C#N. The zero-order valence-corrected chi connectivity index (χ0v) is 9.34. The largest absolute Gasteiger partial charge is 0.382 e. The molecule has 0 saturated heterocycles. The van der Waals surface area contributed by atoms with Gasteiger partial charge in [-0.05, 0) is 25.1 Å². The Hall–Kier alpha value is -1.24. The molecule has 0 aliphatic rings. The lowest BCUT2D eigenvalue weighted by atomic mass is 10.2. The van der Waals surface area contributed by atoms with E-state index < -0.39 is 0 Å². The van der Waals surface area contributed by atoms with Gasteiger partial charge in [0.2, 0.25) is 0 Å². The second kappa shape index (κ2) is 6.28. The first-order valence-electron chi connectivity index (χ1n) is 4.79. The molecule has 0 unspecified atom stereocenters. The number of hydrogen-bond donors (Lipinski definition) is 1. The van der Waals surface area contributed by atoms with Crippen LogP contribution in [0.25, 0.3) is 0 Å². The zero-order valence-electron chi connectivity index (χ0n) is 8.59. The fourth-order valence-corrected chi connectivity index (χ4v) is 1.34. The first kappa shape index (κ1) is 11.8. The normalized spacial score (nSPS) is 9.67. The van der Waals surface area contributed by atoms with Gasteiger partial charge in [-0.25, -0.2) is 0 Å². The molecule has 4 heteroatoms. The Kier molecular flexibility index (Phi) is 4.96. The van der Waals surface area contributed by atoms with Gasteiger partial charge in [0.1, 0.15) is 6.07 Å². The van der Waals surface area contributed by atoms with Crippen LogP contribution >= 0.6 is 11.6 Å². The monoisotopic (exact) mass is 224 g/mol. The van der Waals surface area contributed by atoms with E-state index in [9.17, 15) is 0 Å². The summed E-state index contributed by atoms with van der Waals surface area (Å²) in [7, 11) is 0. The first-order valence-corrected chi connectivity index (χ1v) is 5.17. The molecule has 0 saturated carbocycles. The number of nitrogens with zero attached hydrogens (tertiary/aromatic N) is 1. The van der Waals surface area contributed by atoms with Crippen LogP contribution < -0.4 is 5.32 Å². The smallest absolute Gasteiger partial charge is 0.101 e. The van der Waals surface area contributed by atoms with Crippen molar-refractivity contribution in [1.82, 2.24) is 0 Å². The Morgan fingerprint density at radius 2 is 2.33 bits per heavy atom. The number of nitrogens with one attached hydrogen (secondary N) is 1. The quantitative estimate of drug-likeness (QED) is 0.783. The van der Waals surface area contributed by atoms with Crippen LogP contribution in [0.15, 0.2) is 18.2 Å². The Balaban J connectivity index is 2.57. The van der Waals surface area contributed by atoms with Crippen molar-refractivity contribution in [2.24, 2.45) is 0 Å². The summed E-state index contributed by atoms with van der Waals surface area (Å²) in [5.74, 6) is 0. The highest BCUT2D eigenvalue weighted by atomic mass is 35.5. The summed E-state index contributed by atoms with van der Waals surface area (Å²) in [5.41, 5.74) is 1.35. The number of hydrogen-bond acceptors (Lipinski definition) is 3. The fourth-order valence-electron chi connectivity index (χ4n) is 1.17. The maximum atomic E-state index is 8.87. The van der Waals surface area contributed by atoms with E-state index in [4.69, 9.17) is 21.6 Å². The van der Waals surface area contributed by atoms with Crippen LogP contribution in [0.4, 0.5) is 5.69 Å². The summed E-state index contributed by atoms with van der Waals surface area (Å²) in [6.07, 6.45) is 0. The van der Waals surface area contributed by atoms with Crippen molar-refractivity contribution in [2.75, 3.05) is 25.1 Å². The van der Waals surface area contributed by atoms with Gasteiger partial charge in [0.25, 0.3) is 0 Å². The lowest BCUT2D eigenvalue weighted by Crippen LogP contribution is -2.09. The molecule has 0 bridgehead atoms. The van der Waals surface area contributed by atoms with Crippen LogP contribution in [0.1, 0.15) is 12.5 Å². The topological polar surface area (TPSA) is 45.0 Å². The number of nitriles is 1. The van der Waals surface area contributed by atoms with Crippen LogP contribution in [0, 0.1) is 11.3 Å². The Labute approximate surface area is 94.6 Å². The predicted octanol–water partition coefficient (Wildman–Crippen LogP) is 2.66. The van der Waals surface area contributed by atoms with Gasteiger partial charge < -0.3 is 10.1 Å². The summed E-state index contributed by atoms with van der Waals surface area (Å²) < 4.78 is 5.18. The second-order valence-electron chi connectivity index (χ2n) is 2.93. The molecular weight excluding hydrogens is 212 g/mol. The van der Waals surface area contributed by atoms with E-state index in [0.717, 1.165) is 5.69 Å². The third-order valence-corrected chi connectivity index (χ3v) is 2.10. The van der Waals surface area contributed by atoms with Crippen LogP contribution in [0.2, 0.25) is 5.02 Å². The lowest BCUT2D eigenvalue weighted by Gasteiger charge is -2.08. The molecule has 15 heavy (non-hydrogen) atoms. The van der Waals surface area contributed by atoms with Crippen molar-refractivity contribution >= 4 is 17.3 Å². The molecule has 0 aromatic heterocycles. The van der Waals surface area contributed by atoms with Crippen LogP contribution in [0.3, 0.4) is 0 Å². The average Bonchev–Trinajstić information content (AvgIpc) is 2.26. The maximum absolute atomic E-state index is 8.87. The summed E-state index contributed by atoms with van der Waals surface area (Å²) in [5, 5.41) is 12.6. The van der Waals surface area contributed by atoms with Crippen LogP contribution in [0.5, 0.6) is 0 Å². The molecule has 0 radical (unpaired) electrons. The van der Waals surface area contributed by atoms with Crippen LogP contribution in [-0.2, 0) is 4.74 Å². The maximum Gasteiger partial charge on any atom is 0.101 e. The van der Waals surface area contributed by atoms with Gasteiger partial charge in [0.05, 0.1) is 17.9 Å². The van der Waals surface area contributed by atoms with Crippen molar-refractivity contribution in [1.29, 1.82) is 5.26 Å². The molecule has 0 atom stereocenters. The fraction of sp³-hybridized carbons (Fsp3) is 0.364. The molecular formula is C11H13ClN2O. The predicted molar refractivity (Wildman–Crippen MR) is 61.1 cm³/mol. The third-order valence-electron chi connectivity index (χ3n) is 1.87. The minimum absolute atomic E-state index is 0.555. The van der Waals surface area contributed by atoms with Gasteiger partial charge in [-0.3, -0.25) is 0 Å².